The molecule has 2 atom stereocenters. The fourth-order valence-electron chi connectivity index (χ4n) is 2.56. The molecule has 0 amide bonds. The minimum absolute atomic E-state index is 0.239. The molecule has 1 N–H and O–H groups in total. The Morgan fingerprint density at radius 2 is 1.87 bits per heavy atom. The Kier molecular flexibility index (Phi) is 2.47. The minimum Gasteiger partial charge on any atom is -0.497 e. The second kappa shape index (κ2) is 3.53. The lowest BCUT2D eigenvalue weighted by atomic mass is 10.0. The zero-order valence-corrected chi connectivity index (χ0v) is 9.53. The maximum absolute atomic E-state index is 9.25. The van der Waals surface area contributed by atoms with E-state index in [1.165, 1.54) is 5.56 Å². The van der Waals surface area contributed by atoms with Crippen LogP contribution in [-0.2, 0) is 0 Å². The summed E-state index contributed by atoms with van der Waals surface area (Å²) in [6.07, 6.45) is 0. The van der Waals surface area contributed by atoms with Crippen LogP contribution < -0.4 is 4.74 Å². The summed E-state index contributed by atoms with van der Waals surface area (Å²) in [5.74, 6) is 1.79. The van der Waals surface area contributed by atoms with Gasteiger partial charge < -0.3 is 9.84 Å². The third-order valence-electron chi connectivity index (χ3n) is 3.72. The average molecular weight is 206 g/mol. The highest BCUT2D eigenvalue weighted by molar-refractivity contribution is 5.35. The normalized spacial score (nSPS) is 27.5. The minimum atomic E-state index is 0.239. The molecule has 1 aliphatic carbocycles. The largest absolute Gasteiger partial charge is 0.497 e. The van der Waals surface area contributed by atoms with E-state index in [2.05, 4.69) is 26.0 Å². The fourth-order valence-corrected chi connectivity index (χ4v) is 2.56. The third-order valence-corrected chi connectivity index (χ3v) is 3.72. The molecule has 0 spiro atoms. The van der Waals surface area contributed by atoms with E-state index in [-0.39, 0.29) is 12.0 Å². The Morgan fingerprint density at radius 1 is 1.27 bits per heavy atom. The van der Waals surface area contributed by atoms with Crippen LogP contribution in [-0.4, -0.2) is 18.8 Å². The maximum atomic E-state index is 9.25. The third kappa shape index (κ3) is 1.63. The van der Waals surface area contributed by atoms with Crippen LogP contribution in [0.2, 0.25) is 0 Å². The zero-order valence-electron chi connectivity index (χ0n) is 9.53. The van der Waals surface area contributed by atoms with Crippen LogP contribution in [0.15, 0.2) is 24.3 Å². The highest BCUT2D eigenvalue weighted by Crippen LogP contribution is 2.64. The summed E-state index contributed by atoms with van der Waals surface area (Å²) in [4.78, 5) is 0. The molecule has 1 aromatic rings. The van der Waals surface area contributed by atoms with Gasteiger partial charge in [0.2, 0.25) is 0 Å². The molecule has 0 bridgehead atoms. The van der Waals surface area contributed by atoms with Gasteiger partial charge in [0.15, 0.2) is 0 Å². The number of hydrogen-bond donors (Lipinski definition) is 1. The molecule has 1 saturated carbocycles. The molecule has 2 rings (SSSR count). The summed E-state index contributed by atoms with van der Waals surface area (Å²) >= 11 is 0. The Balaban J connectivity index is 2.18. The highest BCUT2D eigenvalue weighted by atomic mass is 16.5. The molecule has 0 radical (unpaired) electrons. The first-order valence-electron chi connectivity index (χ1n) is 5.36. The Bertz CT molecular complexity index is 340. The van der Waals surface area contributed by atoms with Crippen molar-refractivity contribution in [1.29, 1.82) is 0 Å². The van der Waals surface area contributed by atoms with Crippen molar-refractivity contribution in [3.05, 3.63) is 29.8 Å². The molecule has 2 heteroatoms. The molecular formula is C13H18O2. The van der Waals surface area contributed by atoms with E-state index < -0.39 is 0 Å². The first-order chi connectivity index (χ1) is 7.11. The van der Waals surface area contributed by atoms with Crippen molar-refractivity contribution in [2.24, 2.45) is 11.3 Å². The van der Waals surface area contributed by atoms with Gasteiger partial charge in [-0.15, -0.1) is 0 Å². The quantitative estimate of drug-likeness (QED) is 0.823. The van der Waals surface area contributed by atoms with Gasteiger partial charge in [-0.1, -0.05) is 26.0 Å². The summed E-state index contributed by atoms with van der Waals surface area (Å²) in [6.45, 7) is 4.70. The fraction of sp³-hybridized carbons (Fsp3) is 0.538. The van der Waals surface area contributed by atoms with Crippen LogP contribution in [0, 0.1) is 11.3 Å². The summed E-state index contributed by atoms with van der Waals surface area (Å²) in [7, 11) is 1.67. The first-order valence-corrected chi connectivity index (χ1v) is 5.36. The van der Waals surface area contributed by atoms with Crippen molar-refractivity contribution in [1.82, 2.24) is 0 Å². The van der Waals surface area contributed by atoms with Crippen LogP contribution in [0.25, 0.3) is 0 Å². The molecule has 1 aliphatic rings. The number of benzene rings is 1. The predicted octanol–water partition coefficient (Wildman–Crippen LogP) is 2.43. The van der Waals surface area contributed by atoms with Crippen molar-refractivity contribution in [2.45, 2.75) is 19.8 Å². The lowest BCUT2D eigenvalue weighted by Gasteiger charge is -2.04. The van der Waals surface area contributed by atoms with Crippen molar-refractivity contribution >= 4 is 0 Å². The van der Waals surface area contributed by atoms with Crippen molar-refractivity contribution < 1.29 is 9.84 Å². The number of hydrogen-bond acceptors (Lipinski definition) is 2. The SMILES string of the molecule is COc1ccc(C2C(CO)C2(C)C)cc1. The zero-order chi connectivity index (χ0) is 11.1. The van der Waals surface area contributed by atoms with Gasteiger partial charge in [-0.05, 0) is 34.9 Å². The van der Waals surface area contributed by atoms with E-state index in [0.29, 0.717) is 11.8 Å². The summed E-state index contributed by atoms with van der Waals surface area (Å²) in [6, 6.07) is 8.16. The van der Waals surface area contributed by atoms with Crippen molar-refractivity contribution in [2.75, 3.05) is 13.7 Å². The van der Waals surface area contributed by atoms with Crippen LogP contribution in [0.5, 0.6) is 5.75 Å². The van der Waals surface area contributed by atoms with E-state index in [0.717, 1.165) is 5.75 Å². The summed E-state index contributed by atoms with van der Waals surface area (Å²) in [5.41, 5.74) is 1.54. The van der Waals surface area contributed by atoms with Gasteiger partial charge in [-0.25, -0.2) is 0 Å². The molecule has 0 saturated heterocycles. The molecule has 1 fully saturated rings. The van der Waals surface area contributed by atoms with E-state index in [1.807, 2.05) is 12.1 Å². The monoisotopic (exact) mass is 206 g/mol. The van der Waals surface area contributed by atoms with Gasteiger partial charge in [-0.2, -0.15) is 0 Å². The predicted molar refractivity (Wildman–Crippen MR) is 60.1 cm³/mol. The smallest absolute Gasteiger partial charge is 0.118 e. The number of methoxy groups -OCH3 is 1. The molecule has 0 heterocycles. The van der Waals surface area contributed by atoms with Crippen molar-refractivity contribution in [3.8, 4) is 5.75 Å². The number of aliphatic hydroxyl groups excluding tert-OH is 1. The topological polar surface area (TPSA) is 29.5 Å². The lowest BCUT2D eigenvalue weighted by molar-refractivity contribution is 0.257. The number of aliphatic hydroxyl groups is 1. The van der Waals surface area contributed by atoms with Crippen LogP contribution in [0.4, 0.5) is 0 Å². The molecule has 15 heavy (non-hydrogen) atoms. The Labute approximate surface area is 90.9 Å². The molecular weight excluding hydrogens is 188 g/mol. The van der Waals surface area contributed by atoms with Crippen molar-refractivity contribution in [3.63, 3.8) is 0 Å². The van der Waals surface area contributed by atoms with Crippen LogP contribution in [0.1, 0.15) is 25.3 Å². The van der Waals surface area contributed by atoms with E-state index in [9.17, 15) is 5.11 Å². The summed E-state index contributed by atoms with van der Waals surface area (Å²) in [5, 5.41) is 9.25. The van der Waals surface area contributed by atoms with E-state index >= 15 is 0 Å². The molecule has 1 aromatic carbocycles. The Hall–Kier alpha value is -1.02. The first kappa shape index (κ1) is 10.5. The average Bonchev–Trinajstić information content (AvgIpc) is 2.80. The van der Waals surface area contributed by atoms with Crippen LogP contribution in [0.3, 0.4) is 0 Å². The second-order valence-corrected chi connectivity index (χ2v) is 4.86. The lowest BCUT2D eigenvalue weighted by Crippen LogP contribution is -1.93. The van der Waals surface area contributed by atoms with Gasteiger partial charge in [0.25, 0.3) is 0 Å². The maximum Gasteiger partial charge on any atom is 0.118 e. The van der Waals surface area contributed by atoms with Gasteiger partial charge in [-0.3, -0.25) is 0 Å². The summed E-state index contributed by atoms with van der Waals surface area (Å²) < 4.78 is 5.13. The van der Waals surface area contributed by atoms with Gasteiger partial charge in [0.1, 0.15) is 5.75 Å². The Morgan fingerprint density at radius 3 is 2.27 bits per heavy atom. The standard InChI is InChI=1S/C13H18O2/c1-13(2)11(8-14)12(13)9-4-6-10(15-3)7-5-9/h4-7,11-12,14H,8H2,1-3H3. The highest BCUT2D eigenvalue weighted by Gasteiger charge is 2.57. The van der Waals surface area contributed by atoms with Crippen LogP contribution >= 0.6 is 0 Å². The molecule has 0 aromatic heterocycles. The number of ether oxygens (including phenoxy) is 1. The van der Waals surface area contributed by atoms with E-state index in [1.54, 1.807) is 7.11 Å². The van der Waals surface area contributed by atoms with Gasteiger partial charge >= 0.3 is 0 Å². The molecule has 2 unspecified atom stereocenters. The molecule has 82 valence electrons. The van der Waals surface area contributed by atoms with Gasteiger partial charge in [0, 0.05) is 6.61 Å². The molecule has 2 nitrogen and oxygen atoms in total. The number of rotatable bonds is 3. The second-order valence-electron chi connectivity index (χ2n) is 4.86. The molecule has 0 aliphatic heterocycles. The van der Waals surface area contributed by atoms with Gasteiger partial charge in [0.05, 0.1) is 7.11 Å². The van der Waals surface area contributed by atoms with E-state index in [4.69, 9.17) is 4.74 Å².